The predicted octanol–water partition coefficient (Wildman–Crippen LogP) is 1.89. The average molecular weight is 276 g/mol. The number of hydrogen-bond donors (Lipinski definition) is 1. The maximum Gasteiger partial charge on any atom is 0.260 e. The van der Waals surface area contributed by atoms with Gasteiger partial charge < -0.3 is 15.4 Å². The molecule has 1 fully saturated rings. The Morgan fingerprint density at radius 1 is 1.30 bits per heavy atom. The van der Waals surface area contributed by atoms with Crippen LogP contribution < -0.4 is 10.5 Å². The van der Waals surface area contributed by atoms with Gasteiger partial charge >= 0.3 is 0 Å². The summed E-state index contributed by atoms with van der Waals surface area (Å²) in [6, 6.07) is 6.01. The van der Waals surface area contributed by atoms with E-state index in [9.17, 15) is 4.79 Å². The fourth-order valence-electron chi connectivity index (χ4n) is 2.57. The smallest absolute Gasteiger partial charge is 0.260 e. The number of likely N-dealkylation sites (tertiary alicyclic amines) is 1. The molecule has 4 nitrogen and oxygen atoms in total. The molecule has 4 heteroatoms. The van der Waals surface area contributed by atoms with E-state index in [1.807, 2.05) is 24.0 Å². The Morgan fingerprint density at radius 2 is 2.05 bits per heavy atom. The number of nitrogens with two attached hydrogens (primary N) is 1. The van der Waals surface area contributed by atoms with Crippen molar-refractivity contribution in [2.24, 2.45) is 5.73 Å². The molecule has 0 aromatic heterocycles. The van der Waals surface area contributed by atoms with Gasteiger partial charge in [0.25, 0.3) is 5.91 Å². The van der Waals surface area contributed by atoms with E-state index in [0.29, 0.717) is 6.54 Å². The molecule has 0 saturated carbocycles. The average Bonchev–Trinajstić information content (AvgIpc) is 2.47. The highest BCUT2D eigenvalue weighted by Gasteiger charge is 2.17. The van der Waals surface area contributed by atoms with Gasteiger partial charge in [-0.2, -0.15) is 0 Å². The van der Waals surface area contributed by atoms with Crippen LogP contribution in [-0.2, 0) is 11.2 Å². The third-order valence-electron chi connectivity index (χ3n) is 3.69. The summed E-state index contributed by atoms with van der Waals surface area (Å²) in [6.07, 6.45) is 4.21. The highest BCUT2D eigenvalue weighted by atomic mass is 16.5. The molecule has 110 valence electrons. The molecule has 1 aromatic rings. The molecule has 20 heavy (non-hydrogen) atoms. The predicted molar refractivity (Wildman–Crippen MR) is 79.9 cm³/mol. The van der Waals surface area contributed by atoms with E-state index in [-0.39, 0.29) is 12.5 Å². The van der Waals surface area contributed by atoms with E-state index in [1.54, 1.807) is 0 Å². The van der Waals surface area contributed by atoms with Crippen LogP contribution in [0.2, 0.25) is 0 Å². The van der Waals surface area contributed by atoms with E-state index in [4.69, 9.17) is 10.5 Å². The first-order chi connectivity index (χ1) is 9.70. The van der Waals surface area contributed by atoms with Crippen molar-refractivity contribution >= 4 is 5.91 Å². The molecule has 0 bridgehead atoms. The van der Waals surface area contributed by atoms with Crippen LogP contribution in [0.15, 0.2) is 18.2 Å². The van der Waals surface area contributed by atoms with E-state index in [2.05, 4.69) is 6.07 Å². The molecule has 0 aliphatic carbocycles. The Balaban J connectivity index is 1.94. The molecular formula is C16H24N2O2. The van der Waals surface area contributed by atoms with E-state index < -0.39 is 0 Å². The van der Waals surface area contributed by atoms with Crippen molar-refractivity contribution in [1.29, 1.82) is 0 Å². The summed E-state index contributed by atoms with van der Waals surface area (Å²) in [5.74, 6) is 0.871. The Labute approximate surface area is 120 Å². The van der Waals surface area contributed by atoms with Gasteiger partial charge in [0.1, 0.15) is 5.75 Å². The largest absolute Gasteiger partial charge is 0.483 e. The minimum absolute atomic E-state index is 0.0870. The first kappa shape index (κ1) is 14.9. The zero-order valence-electron chi connectivity index (χ0n) is 12.2. The minimum atomic E-state index is 0.0870. The van der Waals surface area contributed by atoms with Gasteiger partial charge in [0, 0.05) is 13.1 Å². The summed E-state index contributed by atoms with van der Waals surface area (Å²) in [7, 11) is 0. The van der Waals surface area contributed by atoms with Crippen molar-refractivity contribution in [1.82, 2.24) is 4.90 Å². The lowest BCUT2D eigenvalue weighted by molar-refractivity contribution is -0.134. The summed E-state index contributed by atoms with van der Waals surface area (Å²) in [5, 5.41) is 0. The maximum atomic E-state index is 12.1. The topological polar surface area (TPSA) is 55.6 Å². The lowest BCUT2D eigenvalue weighted by Crippen LogP contribution is -2.38. The number of ether oxygens (including phenoxy) is 1. The van der Waals surface area contributed by atoms with Gasteiger partial charge in [-0.3, -0.25) is 4.79 Å². The second kappa shape index (κ2) is 7.29. The Hall–Kier alpha value is -1.55. The van der Waals surface area contributed by atoms with Crippen LogP contribution in [0.3, 0.4) is 0 Å². The van der Waals surface area contributed by atoms with E-state index in [1.165, 1.54) is 12.0 Å². The molecule has 1 aromatic carbocycles. The maximum absolute atomic E-state index is 12.1. The molecule has 0 atom stereocenters. The molecule has 2 N–H and O–H groups in total. The first-order valence-electron chi connectivity index (χ1n) is 7.41. The summed E-state index contributed by atoms with van der Waals surface area (Å²) in [6.45, 7) is 4.49. The molecule has 1 amide bonds. The van der Waals surface area contributed by atoms with Crippen molar-refractivity contribution in [3.05, 3.63) is 29.3 Å². The number of hydrogen-bond acceptors (Lipinski definition) is 3. The number of piperidine rings is 1. The van der Waals surface area contributed by atoms with Gasteiger partial charge in [0.05, 0.1) is 0 Å². The van der Waals surface area contributed by atoms with Gasteiger partial charge in [-0.25, -0.2) is 0 Å². The fraction of sp³-hybridized carbons (Fsp3) is 0.562. The number of rotatable bonds is 5. The summed E-state index contributed by atoms with van der Waals surface area (Å²) in [5.41, 5.74) is 7.89. The van der Waals surface area contributed by atoms with Gasteiger partial charge in [0.2, 0.25) is 0 Å². The van der Waals surface area contributed by atoms with E-state index in [0.717, 1.165) is 43.7 Å². The summed E-state index contributed by atoms with van der Waals surface area (Å²) in [4.78, 5) is 14.0. The normalized spacial score (nSPS) is 15.2. The van der Waals surface area contributed by atoms with Gasteiger partial charge in [-0.15, -0.1) is 0 Å². The van der Waals surface area contributed by atoms with Crippen LogP contribution in [0.1, 0.15) is 30.4 Å². The molecule has 1 aliphatic heterocycles. The minimum Gasteiger partial charge on any atom is -0.483 e. The second-order valence-corrected chi connectivity index (χ2v) is 5.38. The van der Waals surface area contributed by atoms with Crippen LogP contribution in [-0.4, -0.2) is 37.0 Å². The molecule has 2 rings (SSSR count). The third kappa shape index (κ3) is 3.97. The van der Waals surface area contributed by atoms with Crippen LogP contribution in [0, 0.1) is 6.92 Å². The quantitative estimate of drug-likeness (QED) is 0.893. The fourth-order valence-corrected chi connectivity index (χ4v) is 2.57. The Kier molecular flexibility index (Phi) is 5.41. The highest BCUT2D eigenvalue weighted by molar-refractivity contribution is 5.77. The van der Waals surface area contributed by atoms with Crippen LogP contribution in [0.5, 0.6) is 5.75 Å². The Bertz CT molecular complexity index is 454. The molecule has 1 aliphatic rings. The highest BCUT2D eigenvalue weighted by Crippen LogP contribution is 2.20. The first-order valence-corrected chi connectivity index (χ1v) is 7.41. The van der Waals surface area contributed by atoms with Gasteiger partial charge in [0.15, 0.2) is 6.61 Å². The molecular weight excluding hydrogens is 252 g/mol. The lowest BCUT2D eigenvalue weighted by Gasteiger charge is -2.26. The van der Waals surface area contributed by atoms with Crippen LogP contribution in [0.4, 0.5) is 0 Å². The second-order valence-electron chi connectivity index (χ2n) is 5.38. The molecule has 1 saturated heterocycles. The lowest BCUT2D eigenvalue weighted by atomic mass is 10.1. The third-order valence-corrected chi connectivity index (χ3v) is 3.69. The number of aryl methyl sites for hydroxylation is 1. The standard InChI is InChI=1S/C16H24N2O2/c1-13-5-6-15(14(11-13)7-8-17)20-12-16(19)18-9-3-2-4-10-18/h5-6,11H,2-4,7-10,12,17H2,1H3. The zero-order chi connectivity index (χ0) is 14.4. The van der Waals surface area contributed by atoms with E-state index >= 15 is 0 Å². The number of carbonyl (C=O) groups excluding carboxylic acids is 1. The number of nitrogens with zero attached hydrogens (tertiary/aromatic N) is 1. The monoisotopic (exact) mass is 276 g/mol. The van der Waals surface area contributed by atoms with Crippen molar-refractivity contribution < 1.29 is 9.53 Å². The molecule has 0 spiro atoms. The number of carbonyl (C=O) groups is 1. The molecule has 0 radical (unpaired) electrons. The Morgan fingerprint density at radius 3 is 2.75 bits per heavy atom. The molecule has 1 heterocycles. The molecule has 0 unspecified atom stereocenters. The number of amides is 1. The summed E-state index contributed by atoms with van der Waals surface area (Å²) >= 11 is 0. The van der Waals surface area contributed by atoms with Crippen molar-refractivity contribution in [3.63, 3.8) is 0 Å². The zero-order valence-corrected chi connectivity index (χ0v) is 12.2. The van der Waals surface area contributed by atoms with Crippen molar-refractivity contribution in [2.75, 3.05) is 26.2 Å². The van der Waals surface area contributed by atoms with Crippen molar-refractivity contribution in [3.8, 4) is 5.75 Å². The van der Waals surface area contributed by atoms with Crippen LogP contribution >= 0.6 is 0 Å². The SMILES string of the molecule is Cc1ccc(OCC(=O)N2CCCCC2)c(CCN)c1. The summed E-state index contributed by atoms with van der Waals surface area (Å²) < 4.78 is 5.71. The van der Waals surface area contributed by atoms with Crippen LogP contribution in [0.25, 0.3) is 0 Å². The van der Waals surface area contributed by atoms with Gasteiger partial charge in [-0.05, 0) is 50.8 Å². The van der Waals surface area contributed by atoms with Crippen molar-refractivity contribution in [2.45, 2.75) is 32.6 Å². The van der Waals surface area contributed by atoms with Gasteiger partial charge in [-0.1, -0.05) is 17.7 Å². The number of benzene rings is 1.